The fourth-order valence-corrected chi connectivity index (χ4v) is 2.84. The summed E-state index contributed by atoms with van der Waals surface area (Å²) >= 11 is 0. The maximum Gasteiger partial charge on any atom is 0.410 e. The van der Waals surface area contributed by atoms with Crippen LogP contribution in [0.1, 0.15) is 46.5 Å². The molecule has 0 spiro atoms. The number of carbonyl (C=O) groups is 2. The molecule has 0 aromatic heterocycles. The van der Waals surface area contributed by atoms with E-state index in [0.717, 1.165) is 25.7 Å². The van der Waals surface area contributed by atoms with E-state index in [2.05, 4.69) is 0 Å². The summed E-state index contributed by atoms with van der Waals surface area (Å²) in [6.45, 7) is 6.87. The molecule has 0 aromatic rings. The van der Waals surface area contributed by atoms with Gasteiger partial charge in [0.25, 0.3) is 0 Å². The van der Waals surface area contributed by atoms with E-state index in [4.69, 9.17) is 10.5 Å². The average Bonchev–Trinajstić information content (AvgIpc) is 3.22. The summed E-state index contributed by atoms with van der Waals surface area (Å²) < 4.78 is 5.43. The van der Waals surface area contributed by atoms with Crippen LogP contribution in [0.3, 0.4) is 0 Å². The number of rotatable bonds is 3. The first-order chi connectivity index (χ1) is 9.81. The Morgan fingerprint density at radius 3 is 2.43 bits per heavy atom. The van der Waals surface area contributed by atoms with Gasteiger partial charge in [-0.15, -0.1) is 0 Å². The van der Waals surface area contributed by atoms with Gasteiger partial charge in [-0.05, 0) is 46.5 Å². The summed E-state index contributed by atoms with van der Waals surface area (Å²) in [5, 5.41) is 0. The van der Waals surface area contributed by atoms with Gasteiger partial charge in [-0.1, -0.05) is 0 Å². The van der Waals surface area contributed by atoms with Crippen molar-refractivity contribution >= 4 is 12.0 Å². The highest BCUT2D eigenvalue weighted by molar-refractivity contribution is 5.79. The Bertz CT molecular complexity index is 401. The van der Waals surface area contributed by atoms with E-state index >= 15 is 0 Å². The number of hydrogen-bond donors (Lipinski definition) is 1. The molecule has 1 unspecified atom stereocenters. The minimum atomic E-state index is -0.493. The Labute approximate surface area is 126 Å². The molecule has 0 bridgehead atoms. The van der Waals surface area contributed by atoms with Gasteiger partial charge in [-0.25, -0.2) is 4.79 Å². The van der Waals surface area contributed by atoms with Gasteiger partial charge in [0.05, 0.1) is 6.54 Å². The van der Waals surface area contributed by atoms with Gasteiger partial charge in [-0.3, -0.25) is 4.79 Å². The second kappa shape index (κ2) is 6.22. The van der Waals surface area contributed by atoms with Gasteiger partial charge in [0, 0.05) is 25.2 Å². The highest BCUT2D eigenvalue weighted by atomic mass is 16.6. The quantitative estimate of drug-likeness (QED) is 0.853. The topological polar surface area (TPSA) is 75.9 Å². The molecule has 1 saturated heterocycles. The molecule has 2 fully saturated rings. The lowest BCUT2D eigenvalue weighted by Crippen LogP contribution is -2.54. The first kappa shape index (κ1) is 16.1. The zero-order valence-electron chi connectivity index (χ0n) is 13.3. The molecule has 2 amide bonds. The van der Waals surface area contributed by atoms with Crippen LogP contribution >= 0.6 is 0 Å². The van der Waals surface area contributed by atoms with Crippen molar-refractivity contribution < 1.29 is 14.3 Å². The van der Waals surface area contributed by atoms with Crippen molar-refractivity contribution in [2.24, 2.45) is 5.73 Å². The Morgan fingerprint density at radius 1 is 1.24 bits per heavy atom. The van der Waals surface area contributed by atoms with Crippen molar-refractivity contribution in [3.05, 3.63) is 0 Å². The minimum Gasteiger partial charge on any atom is -0.444 e. The van der Waals surface area contributed by atoms with E-state index in [-0.39, 0.29) is 24.6 Å². The molecule has 1 saturated carbocycles. The summed E-state index contributed by atoms with van der Waals surface area (Å²) in [5.41, 5.74) is 5.03. The predicted octanol–water partition coefficient (Wildman–Crippen LogP) is 1.34. The van der Waals surface area contributed by atoms with E-state index in [1.165, 1.54) is 0 Å². The van der Waals surface area contributed by atoms with Crippen molar-refractivity contribution in [3.63, 3.8) is 0 Å². The molecule has 6 heteroatoms. The van der Waals surface area contributed by atoms with Crippen LogP contribution in [0.4, 0.5) is 4.79 Å². The molecule has 120 valence electrons. The maximum absolute atomic E-state index is 12.2. The lowest BCUT2D eigenvalue weighted by atomic mass is 10.0. The third-order valence-corrected chi connectivity index (χ3v) is 3.84. The Kier molecular flexibility index (Phi) is 4.76. The van der Waals surface area contributed by atoms with Crippen LogP contribution < -0.4 is 5.73 Å². The lowest BCUT2D eigenvalue weighted by molar-refractivity contribution is -0.133. The van der Waals surface area contributed by atoms with Crippen LogP contribution in [-0.4, -0.2) is 59.1 Å². The minimum absolute atomic E-state index is 0.00598. The number of amides is 2. The van der Waals surface area contributed by atoms with Crippen LogP contribution in [0.15, 0.2) is 0 Å². The molecule has 0 aromatic carbocycles. The highest BCUT2D eigenvalue weighted by Crippen LogP contribution is 2.31. The van der Waals surface area contributed by atoms with E-state index in [9.17, 15) is 9.59 Å². The first-order valence-electron chi connectivity index (χ1n) is 7.81. The number of likely N-dealkylation sites (tertiary alicyclic amines) is 1. The molecule has 1 heterocycles. The lowest BCUT2D eigenvalue weighted by Gasteiger charge is -2.39. The summed E-state index contributed by atoms with van der Waals surface area (Å²) in [6.07, 6.45) is 3.64. The third kappa shape index (κ3) is 4.33. The molecule has 1 aliphatic carbocycles. The third-order valence-electron chi connectivity index (χ3n) is 3.84. The van der Waals surface area contributed by atoms with Crippen LogP contribution in [-0.2, 0) is 9.53 Å². The van der Waals surface area contributed by atoms with Gasteiger partial charge >= 0.3 is 6.09 Å². The molecule has 21 heavy (non-hydrogen) atoms. The number of ether oxygens (including phenoxy) is 1. The number of piperidine rings is 1. The zero-order valence-corrected chi connectivity index (χ0v) is 13.3. The second-order valence-electron chi connectivity index (χ2n) is 6.96. The van der Waals surface area contributed by atoms with Crippen LogP contribution in [0.5, 0.6) is 0 Å². The molecule has 2 N–H and O–H groups in total. The molecule has 2 aliphatic rings. The van der Waals surface area contributed by atoms with Gasteiger partial charge in [-0.2, -0.15) is 0 Å². The number of carbonyl (C=O) groups excluding carboxylic acids is 2. The SMILES string of the molecule is CC(C)(C)OC(=O)N1CCCC(N(C(=O)CN)C2CC2)C1. The Morgan fingerprint density at radius 2 is 1.90 bits per heavy atom. The van der Waals surface area contributed by atoms with E-state index in [1.54, 1.807) is 4.90 Å². The van der Waals surface area contributed by atoms with Crippen molar-refractivity contribution in [1.29, 1.82) is 0 Å². The second-order valence-corrected chi connectivity index (χ2v) is 6.96. The first-order valence-corrected chi connectivity index (χ1v) is 7.81. The van der Waals surface area contributed by atoms with Gasteiger partial charge in [0.1, 0.15) is 5.60 Å². The van der Waals surface area contributed by atoms with Gasteiger partial charge in [0.2, 0.25) is 5.91 Å². The fourth-order valence-electron chi connectivity index (χ4n) is 2.84. The Hall–Kier alpha value is -1.30. The number of nitrogens with zero attached hydrogens (tertiary/aromatic N) is 2. The fraction of sp³-hybridized carbons (Fsp3) is 0.867. The van der Waals surface area contributed by atoms with Crippen LogP contribution in [0.2, 0.25) is 0 Å². The molecule has 1 aliphatic heterocycles. The molecule has 6 nitrogen and oxygen atoms in total. The monoisotopic (exact) mass is 297 g/mol. The molecule has 0 radical (unpaired) electrons. The van der Waals surface area contributed by atoms with E-state index in [1.807, 2.05) is 25.7 Å². The molecule has 2 rings (SSSR count). The van der Waals surface area contributed by atoms with E-state index < -0.39 is 5.60 Å². The van der Waals surface area contributed by atoms with Crippen molar-refractivity contribution in [1.82, 2.24) is 9.80 Å². The zero-order chi connectivity index (χ0) is 15.6. The van der Waals surface area contributed by atoms with Crippen molar-refractivity contribution in [3.8, 4) is 0 Å². The highest BCUT2D eigenvalue weighted by Gasteiger charge is 2.39. The van der Waals surface area contributed by atoms with Crippen LogP contribution in [0.25, 0.3) is 0 Å². The van der Waals surface area contributed by atoms with E-state index in [0.29, 0.717) is 19.1 Å². The van der Waals surface area contributed by atoms with Crippen LogP contribution in [0, 0.1) is 0 Å². The predicted molar refractivity (Wildman–Crippen MR) is 79.8 cm³/mol. The van der Waals surface area contributed by atoms with Gasteiger partial charge in [0.15, 0.2) is 0 Å². The average molecular weight is 297 g/mol. The van der Waals surface area contributed by atoms with Gasteiger partial charge < -0.3 is 20.3 Å². The molecular formula is C15H27N3O3. The standard InChI is InChI=1S/C15H27N3O3/c1-15(2,3)21-14(20)17-8-4-5-12(10-17)18(11-6-7-11)13(19)9-16/h11-12H,4-10,16H2,1-3H3. The molecular weight excluding hydrogens is 270 g/mol. The summed E-state index contributed by atoms with van der Waals surface area (Å²) in [7, 11) is 0. The molecule has 1 atom stereocenters. The summed E-state index contributed by atoms with van der Waals surface area (Å²) in [5.74, 6) is -0.00598. The normalized spacial score (nSPS) is 22.9. The Balaban J connectivity index is 1.99. The largest absolute Gasteiger partial charge is 0.444 e. The van der Waals surface area contributed by atoms with Crippen molar-refractivity contribution in [2.45, 2.75) is 64.1 Å². The summed E-state index contributed by atoms with van der Waals surface area (Å²) in [4.78, 5) is 27.9. The maximum atomic E-state index is 12.2. The number of nitrogens with two attached hydrogens (primary N) is 1. The van der Waals surface area contributed by atoms with Crippen molar-refractivity contribution in [2.75, 3.05) is 19.6 Å². The smallest absolute Gasteiger partial charge is 0.410 e. The number of hydrogen-bond acceptors (Lipinski definition) is 4. The summed E-state index contributed by atoms with van der Waals surface area (Å²) in [6, 6.07) is 0.402.